The molecule has 0 atom stereocenters. The highest BCUT2D eigenvalue weighted by molar-refractivity contribution is 6.01. The van der Waals surface area contributed by atoms with E-state index < -0.39 is 0 Å². The van der Waals surface area contributed by atoms with Crippen molar-refractivity contribution in [1.29, 1.82) is 0 Å². The van der Waals surface area contributed by atoms with Crippen molar-refractivity contribution >= 4 is 22.8 Å². The molecule has 6 nitrogen and oxygen atoms in total. The van der Waals surface area contributed by atoms with Crippen LogP contribution in [0.4, 0.5) is 0 Å². The smallest absolute Gasteiger partial charge is 0.0845 e. The summed E-state index contributed by atoms with van der Waals surface area (Å²) < 4.78 is 0. The van der Waals surface area contributed by atoms with Crippen LogP contribution in [0.2, 0.25) is 0 Å². The molecule has 144 valence electrons. The summed E-state index contributed by atoms with van der Waals surface area (Å²) in [6, 6.07) is 11.9. The second kappa shape index (κ2) is 9.26. The number of pyridine rings is 2. The summed E-state index contributed by atoms with van der Waals surface area (Å²) in [6.07, 6.45) is 0. The van der Waals surface area contributed by atoms with Crippen molar-refractivity contribution in [2.45, 2.75) is 27.7 Å². The van der Waals surface area contributed by atoms with Crippen LogP contribution in [0.5, 0.6) is 0 Å². The zero-order valence-electron chi connectivity index (χ0n) is 17.0. The van der Waals surface area contributed by atoms with Gasteiger partial charge in [0.2, 0.25) is 0 Å². The fourth-order valence-corrected chi connectivity index (χ4v) is 2.87. The standard InChI is InChI=1S/C22H26N6/c1-15-19-7-5-8-20(27-19)16(2)25-13-14-26-18(4)22-10-6-9-21(28-22)17(3)24-12-11-23-15/h5-10H,11-14H2,1-4H3. The van der Waals surface area contributed by atoms with Gasteiger partial charge in [-0.15, -0.1) is 0 Å². The van der Waals surface area contributed by atoms with E-state index in [2.05, 4.69) is 20.0 Å². The Morgan fingerprint density at radius 2 is 0.714 bits per heavy atom. The molecule has 0 amide bonds. The van der Waals surface area contributed by atoms with Gasteiger partial charge in [0, 0.05) is 0 Å². The van der Waals surface area contributed by atoms with E-state index in [1.807, 2.05) is 64.1 Å². The molecule has 0 unspecified atom stereocenters. The normalized spacial score (nSPS) is 16.1. The Balaban J connectivity index is 1.96. The molecule has 0 N–H and O–H groups in total. The molecular weight excluding hydrogens is 348 g/mol. The number of hydrogen-bond donors (Lipinski definition) is 0. The number of rotatable bonds is 0. The Bertz CT molecular complexity index is 818. The van der Waals surface area contributed by atoms with Crippen LogP contribution < -0.4 is 0 Å². The first-order valence-electron chi connectivity index (χ1n) is 9.54. The Morgan fingerprint density at radius 3 is 0.964 bits per heavy atom. The molecule has 3 heterocycles. The molecule has 1 aliphatic rings. The van der Waals surface area contributed by atoms with Crippen molar-refractivity contribution in [2.75, 3.05) is 26.2 Å². The van der Waals surface area contributed by atoms with Crippen LogP contribution in [0.25, 0.3) is 0 Å². The van der Waals surface area contributed by atoms with Gasteiger partial charge in [-0.05, 0) is 52.0 Å². The van der Waals surface area contributed by atoms with Crippen LogP contribution in [-0.2, 0) is 0 Å². The Labute approximate surface area is 166 Å². The van der Waals surface area contributed by atoms with Crippen LogP contribution in [0, 0.1) is 0 Å². The first-order valence-corrected chi connectivity index (χ1v) is 9.54. The van der Waals surface area contributed by atoms with Gasteiger partial charge in [-0.25, -0.2) is 9.97 Å². The van der Waals surface area contributed by atoms with Crippen molar-refractivity contribution in [1.82, 2.24) is 9.97 Å². The topological polar surface area (TPSA) is 75.2 Å². The van der Waals surface area contributed by atoms with Gasteiger partial charge >= 0.3 is 0 Å². The summed E-state index contributed by atoms with van der Waals surface area (Å²) in [5.41, 5.74) is 7.12. The van der Waals surface area contributed by atoms with Gasteiger partial charge in [-0.1, -0.05) is 12.1 Å². The molecule has 0 saturated carbocycles. The van der Waals surface area contributed by atoms with E-state index in [1.165, 1.54) is 0 Å². The molecule has 2 aromatic heterocycles. The maximum absolute atomic E-state index is 4.70. The second-order valence-electron chi connectivity index (χ2n) is 6.68. The molecule has 28 heavy (non-hydrogen) atoms. The number of fused-ring (bicyclic) bond motifs is 4. The molecule has 0 fully saturated rings. The highest BCUT2D eigenvalue weighted by Gasteiger charge is 2.06. The third-order valence-electron chi connectivity index (χ3n) is 4.58. The van der Waals surface area contributed by atoms with E-state index >= 15 is 0 Å². The lowest BCUT2D eigenvalue weighted by atomic mass is 10.2. The van der Waals surface area contributed by atoms with E-state index in [0.29, 0.717) is 26.2 Å². The van der Waals surface area contributed by atoms with Crippen molar-refractivity contribution in [3.63, 3.8) is 0 Å². The van der Waals surface area contributed by atoms with Crippen LogP contribution in [0.1, 0.15) is 50.5 Å². The Hall–Kier alpha value is -3.02. The van der Waals surface area contributed by atoms with Gasteiger partial charge < -0.3 is 0 Å². The number of nitrogens with zero attached hydrogens (tertiary/aromatic N) is 6. The minimum absolute atomic E-state index is 0.613. The van der Waals surface area contributed by atoms with Gasteiger partial charge in [0.25, 0.3) is 0 Å². The van der Waals surface area contributed by atoms with E-state index in [9.17, 15) is 0 Å². The summed E-state index contributed by atoms with van der Waals surface area (Å²) in [5.74, 6) is 0. The second-order valence-corrected chi connectivity index (χ2v) is 6.68. The number of hydrogen-bond acceptors (Lipinski definition) is 6. The predicted molar refractivity (Wildman–Crippen MR) is 117 cm³/mol. The van der Waals surface area contributed by atoms with Crippen LogP contribution in [0.3, 0.4) is 0 Å². The molecule has 0 spiro atoms. The average Bonchev–Trinajstić information content (AvgIpc) is 2.73. The monoisotopic (exact) mass is 374 g/mol. The number of aromatic nitrogens is 2. The lowest BCUT2D eigenvalue weighted by molar-refractivity contribution is 0.963. The van der Waals surface area contributed by atoms with Crippen LogP contribution in [-0.4, -0.2) is 59.0 Å². The first-order chi connectivity index (χ1) is 13.5. The van der Waals surface area contributed by atoms with Gasteiger partial charge in [-0.3, -0.25) is 20.0 Å². The Kier molecular flexibility index (Phi) is 6.53. The quantitative estimate of drug-likeness (QED) is 0.708. The largest absolute Gasteiger partial charge is 0.286 e. The summed E-state index contributed by atoms with van der Waals surface area (Å²) in [5, 5.41) is 0. The molecule has 0 saturated heterocycles. The highest BCUT2D eigenvalue weighted by atomic mass is 14.9. The molecular formula is C22H26N6. The summed E-state index contributed by atoms with van der Waals surface area (Å²) >= 11 is 0. The summed E-state index contributed by atoms with van der Waals surface area (Å²) in [4.78, 5) is 27.9. The van der Waals surface area contributed by atoms with Crippen molar-refractivity contribution in [3.8, 4) is 0 Å². The minimum atomic E-state index is 0.613. The van der Waals surface area contributed by atoms with E-state index in [1.54, 1.807) is 0 Å². The lowest BCUT2D eigenvalue weighted by Gasteiger charge is -2.06. The zero-order valence-corrected chi connectivity index (χ0v) is 17.0. The zero-order chi connectivity index (χ0) is 19.9. The van der Waals surface area contributed by atoms with E-state index in [0.717, 1.165) is 45.6 Å². The molecule has 4 bridgehead atoms. The number of aliphatic imine (C=N–C) groups is 4. The third kappa shape index (κ3) is 5.03. The predicted octanol–water partition coefficient (Wildman–Crippen LogP) is 3.43. The summed E-state index contributed by atoms with van der Waals surface area (Å²) in [6.45, 7) is 10.4. The first kappa shape index (κ1) is 19.7. The SMILES string of the molecule is CC1=NCCN=C(C)c2cccc(n2)C(C)=NCCN=C(C)c2cccc1n2. The van der Waals surface area contributed by atoms with Gasteiger partial charge in [0.1, 0.15) is 0 Å². The van der Waals surface area contributed by atoms with Crippen LogP contribution in [0.15, 0.2) is 56.4 Å². The third-order valence-corrected chi connectivity index (χ3v) is 4.58. The molecule has 0 aliphatic carbocycles. The summed E-state index contributed by atoms with van der Waals surface area (Å²) in [7, 11) is 0. The highest BCUT2D eigenvalue weighted by Crippen LogP contribution is 2.06. The van der Waals surface area contributed by atoms with Gasteiger partial charge in [0.15, 0.2) is 0 Å². The minimum Gasteiger partial charge on any atom is -0.286 e. The maximum Gasteiger partial charge on any atom is 0.0845 e. The van der Waals surface area contributed by atoms with E-state index in [-0.39, 0.29) is 0 Å². The lowest BCUT2D eigenvalue weighted by Crippen LogP contribution is -2.09. The Morgan fingerprint density at radius 1 is 0.464 bits per heavy atom. The van der Waals surface area contributed by atoms with Crippen molar-refractivity contribution in [2.24, 2.45) is 20.0 Å². The van der Waals surface area contributed by atoms with Crippen LogP contribution >= 0.6 is 0 Å². The molecule has 6 heteroatoms. The maximum atomic E-state index is 4.70. The molecule has 0 aromatic carbocycles. The molecule has 3 rings (SSSR count). The fourth-order valence-electron chi connectivity index (χ4n) is 2.87. The van der Waals surface area contributed by atoms with Gasteiger partial charge in [0.05, 0.1) is 71.8 Å². The van der Waals surface area contributed by atoms with Gasteiger partial charge in [-0.2, -0.15) is 0 Å². The average molecular weight is 374 g/mol. The van der Waals surface area contributed by atoms with Crippen molar-refractivity contribution in [3.05, 3.63) is 59.2 Å². The molecule has 1 aliphatic heterocycles. The fraction of sp³-hybridized carbons (Fsp3) is 0.364. The molecule has 0 radical (unpaired) electrons. The molecule has 2 aromatic rings. The van der Waals surface area contributed by atoms with Crippen molar-refractivity contribution < 1.29 is 0 Å². The van der Waals surface area contributed by atoms with E-state index in [4.69, 9.17) is 9.97 Å².